The summed E-state index contributed by atoms with van der Waals surface area (Å²) >= 11 is 1.45. The standard InChI is InChI=1S/C29H29NO8S/c1-19(18-35-3)37-24-10-4-21(5-11-24)27(30-38-20(2)32)28(33)22-6-12-25(13-7-22)39-26-14-8-23(9-15-26)29(34)36-17-16-31/h4-15,19,31H,16-18H2,1-3H3. The fraction of sp³-hybridized carbons (Fsp3) is 0.241. The topological polar surface area (TPSA) is 121 Å². The number of carbonyl (C=O) groups excluding carboxylic acids is 3. The molecule has 0 heterocycles. The van der Waals surface area contributed by atoms with Crippen molar-refractivity contribution in [2.24, 2.45) is 5.16 Å². The number of hydrogen-bond acceptors (Lipinski definition) is 10. The van der Waals surface area contributed by atoms with Crippen molar-refractivity contribution in [2.45, 2.75) is 29.7 Å². The largest absolute Gasteiger partial charge is 0.488 e. The highest BCUT2D eigenvalue weighted by atomic mass is 32.2. The lowest BCUT2D eigenvalue weighted by Crippen LogP contribution is -2.19. The average molecular weight is 552 g/mol. The zero-order chi connectivity index (χ0) is 28.2. The van der Waals surface area contributed by atoms with Crippen molar-refractivity contribution in [1.29, 1.82) is 0 Å². The number of aliphatic hydroxyl groups excluding tert-OH is 1. The quantitative estimate of drug-likeness (QED) is 0.107. The number of oxime groups is 1. The smallest absolute Gasteiger partial charge is 0.338 e. The summed E-state index contributed by atoms with van der Waals surface area (Å²) in [6.07, 6.45) is -0.153. The molecule has 0 saturated carbocycles. The summed E-state index contributed by atoms with van der Waals surface area (Å²) in [6.45, 7) is 3.23. The SMILES string of the molecule is COCC(C)Oc1ccc(C(=NOC(C)=O)C(=O)c2ccc(Sc3ccc(C(=O)OCCO)cc3)cc2)cc1. The fourth-order valence-corrected chi connectivity index (χ4v) is 4.17. The fourth-order valence-electron chi connectivity index (χ4n) is 3.36. The molecule has 0 saturated heterocycles. The molecule has 0 aromatic heterocycles. The molecule has 3 aromatic carbocycles. The predicted octanol–water partition coefficient (Wildman–Crippen LogP) is 4.55. The zero-order valence-corrected chi connectivity index (χ0v) is 22.6. The first-order chi connectivity index (χ1) is 18.8. The van der Waals surface area contributed by atoms with Crippen molar-refractivity contribution in [3.05, 3.63) is 89.5 Å². The zero-order valence-electron chi connectivity index (χ0n) is 21.8. The number of rotatable bonds is 13. The van der Waals surface area contributed by atoms with Crippen LogP contribution in [0, 0.1) is 0 Å². The van der Waals surface area contributed by atoms with E-state index in [1.165, 1.54) is 18.7 Å². The van der Waals surface area contributed by atoms with Gasteiger partial charge in [-0.3, -0.25) is 4.79 Å². The maximum absolute atomic E-state index is 13.3. The van der Waals surface area contributed by atoms with Crippen molar-refractivity contribution in [2.75, 3.05) is 26.9 Å². The number of Topliss-reactive ketones (excluding diaryl/α,β-unsaturated/α-hetero) is 1. The molecular weight excluding hydrogens is 522 g/mol. The monoisotopic (exact) mass is 551 g/mol. The van der Waals surface area contributed by atoms with Gasteiger partial charge in [-0.25, -0.2) is 9.59 Å². The van der Waals surface area contributed by atoms with Gasteiger partial charge in [0.05, 0.1) is 18.8 Å². The van der Waals surface area contributed by atoms with E-state index in [0.717, 1.165) is 9.79 Å². The Hall–Kier alpha value is -3.99. The molecule has 0 aliphatic rings. The van der Waals surface area contributed by atoms with Gasteiger partial charge in [0.1, 0.15) is 18.5 Å². The molecule has 0 fully saturated rings. The first kappa shape index (κ1) is 29.6. The van der Waals surface area contributed by atoms with E-state index in [1.807, 2.05) is 6.92 Å². The van der Waals surface area contributed by atoms with Crippen molar-refractivity contribution >= 4 is 35.2 Å². The third-order valence-corrected chi connectivity index (χ3v) is 6.13. The number of ether oxygens (including phenoxy) is 3. The summed E-state index contributed by atoms with van der Waals surface area (Å²) in [7, 11) is 1.59. The Balaban J connectivity index is 1.72. The lowest BCUT2D eigenvalue weighted by molar-refractivity contribution is -0.140. The molecule has 204 valence electrons. The first-order valence-corrected chi connectivity index (χ1v) is 12.8. The van der Waals surface area contributed by atoms with Gasteiger partial charge >= 0.3 is 11.9 Å². The second-order valence-corrected chi connectivity index (χ2v) is 9.42. The summed E-state index contributed by atoms with van der Waals surface area (Å²) in [5, 5.41) is 12.6. The highest BCUT2D eigenvalue weighted by molar-refractivity contribution is 7.99. The van der Waals surface area contributed by atoms with Crippen LogP contribution in [-0.2, 0) is 19.1 Å². The van der Waals surface area contributed by atoms with Crippen LogP contribution in [0.5, 0.6) is 5.75 Å². The summed E-state index contributed by atoms with van der Waals surface area (Å²) in [6, 6.07) is 20.5. The molecule has 0 radical (unpaired) electrons. The predicted molar refractivity (Wildman–Crippen MR) is 145 cm³/mol. The van der Waals surface area contributed by atoms with E-state index in [-0.39, 0.29) is 25.0 Å². The van der Waals surface area contributed by atoms with Crippen LogP contribution in [-0.4, -0.2) is 61.6 Å². The third-order valence-electron chi connectivity index (χ3n) is 5.11. The molecule has 1 N–H and O–H groups in total. The summed E-state index contributed by atoms with van der Waals surface area (Å²) in [4.78, 5) is 43.1. The normalized spacial score (nSPS) is 11.9. The Labute approximate surface area is 230 Å². The number of nitrogens with zero attached hydrogens (tertiary/aromatic N) is 1. The van der Waals surface area contributed by atoms with Crippen LogP contribution in [0.15, 0.2) is 87.7 Å². The molecule has 1 atom stereocenters. The molecule has 10 heteroatoms. The van der Waals surface area contributed by atoms with Crippen molar-refractivity contribution < 1.29 is 38.5 Å². The molecular formula is C29H29NO8S. The van der Waals surface area contributed by atoms with Crippen molar-refractivity contribution in [3.8, 4) is 5.75 Å². The van der Waals surface area contributed by atoms with Crippen LogP contribution in [0.25, 0.3) is 0 Å². The molecule has 0 aliphatic carbocycles. The average Bonchev–Trinajstić information content (AvgIpc) is 2.93. The second-order valence-electron chi connectivity index (χ2n) is 8.27. The Morgan fingerprint density at radius 1 is 0.872 bits per heavy atom. The maximum atomic E-state index is 13.3. The number of hydrogen-bond donors (Lipinski definition) is 1. The minimum atomic E-state index is -0.645. The van der Waals surface area contributed by atoms with E-state index in [4.69, 9.17) is 24.2 Å². The van der Waals surface area contributed by atoms with Gasteiger partial charge in [0, 0.05) is 35.0 Å². The molecule has 39 heavy (non-hydrogen) atoms. The van der Waals surface area contributed by atoms with E-state index in [9.17, 15) is 14.4 Å². The van der Waals surface area contributed by atoms with E-state index in [2.05, 4.69) is 5.16 Å². The number of esters is 1. The van der Waals surface area contributed by atoms with Gasteiger partial charge < -0.3 is 24.2 Å². The van der Waals surface area contributed by atoms with Crippen molar-refractivity contribution in [1.82, 2.24) is 0 Å². The van der Waals surface area contributed by atoms with Gasteiger partial charge in [0.15, 0.2) is 5.71 Å². The van der Waals surface area contributed by atoms with Gasteiger partial charge in [0.2, 0.25) is 5.78 Å². The Morgan fingerprint density at radius 2 is 1.44 bits per heavy atom. The highest BCUT2D eigenvalue weighted by Gasteiger charge is 2.19. The molecule has 0 amide bonds. The molecule has 3 rings (SSSR count). The van der Waals surface area contributed by atoms with E-state index in [1.54, 1.807) is 79.9 Å². The number of benzene rings is 3. The van der Waals surface area contributed by atoms with Gasteiger partial charge in [-0.1, -0.05) is 16.9 Å². The molecule has 3 aromatic rings. The number of carbonyl (C=O) groups is 3. The van der Waals surface area contributed by atoms with E-state index >= 15 is 0 Å². The summed E-state index contributed by atoms with van der Waals surface area (Å²) < 4.78 is 15.7. The van der Waals surface area contributed by atoms with Crippen LogP contribution in [0.2, 0.25) is 0 Å². The van der Waals surface area contributed by atoms with E-state index < -0.39 is 17.7 Å². The highest BCUT2D eigenvalue weighted by Crippen LogP contribution is 2.28. The van der Waals surface area contributed by atoms with Gasteiger partial charge in [-0.2, -0.15) is 0 Å². The van der Waals surface area contributed by atoms with E-state index in [0.29, 0.717) is 29.0 Å². The molecule has 9 nitrogen and oxygen atoms in total. The second kappa shape index (κ2) is 14.8. The van der Waals surface area contributed by atoms with Crippen LogP contribution < -0.4 is 4.74 Å². The lowest BCUT2D eigenvalue weighted by atomic mass is 10.0. The molecule has 0 bridgehead atoms. The Kier molecular flexibility index (Phi) is 11.2. The maximum Gasteiger partial charge on any atom is 0.338 e. The number of aliphatic hydroxyl groups is 1. The Bertz CT molecular complexity index is 1290. The summed E-state index contributed by atoms with van der Waals surface area (Å²) in [5.74, 6) is -0.968. The molecule has 0 spiro atoms. The van der Waals surface area contributed by atoms with Crippen LogP contribution >= 0.6 is 11.8 Å². The summed E-state index contributed by atoms with van der Waals surface area (Å²) in [5.41, 5.74) is 1.19. The van der Waals surface area contributed by atoms with Crippen LogP contribution in [0.1, 0.15) is 40.1 Å². The molecule has 0 aliphatic heterocycles. The number of ketones is 1. The Morgan fingerprint density at radius 3 is 1.97 bits per heavy atom. The minimum absolute atomic E-state index is 0.0224. The molecule has 1 unspecified atom stereocenters. The third kappa shape index (κ3) is 9.06. The van der Waals surface area contributed by atoms with Gasteiger partial charge in [-0.15, -0.1) is 0 Å². The van der Waals surface area contributed by atoms with Gasteiger partial charge in [-0.05, 0) is 79.7 Å². The van der Waals surface area contributed by atoms with Crippen LogP contribution in [0.3, 0.4) is 0 Å². The number of methoxy groups -OCH3 is 1. The van der Waals surface area contributed by atoms with Gasteiger partial charge in [0.25, 0.3) is 0 Å². The van der Waals surface area contributed by atoms with Crippen LogP contribution in [0.4, 0.5) is 0 Å². The minimum Gasteiger partial charge on any atom is -0.488 e. The first-order valence-electron chi connectivity index (χ1n) is 12.0. The lowest BCUT2D eigenvalue weighted by Gasteiger charge is -2.14. The van der Waals surface area contributed by atoms with Crippen molar-refractivity contribution in [3.63, 3.8) is 0 Å².